The predicted octanol–water partition coefficient (Wildman–Crippen LogP) is 5.10. The minimum Gasteiger partial charge on any atom is -0.438 e. The van der Waals surface area contributed by atoms with Crippen LogP contribution in [-0.4, -0.2) is 58.5 Å². The van der Waals surface area contributed by atoms with E-state index in [1.807, 2.05) is 42.6 Å². The molecule has 0 bridgehead atoms. The summed E-state index contributed by atoms with van der Waals surface area (Å²) in [6.07, 6.45) is 7.33. The average molecular weight is 504 g/mol. The molecular formula is C27H29N5O3S. The molecule has 186 valence electrons. The first kappa shape index (κ1) is 23.1. The molecule has 0 amide bonds. The summed E-state index contributed by atoms with van der Waals surface area (Å²) < 4.78 is 12.7. The molecule has 0 radical (unpaired) electrons. The van der Waals surface area contributed by atoms with Crippen LogP contribution in [0.25, 0.3) is 21.3 Å². The third-order valence-electron chi connectivity index (χ3n) is 6.78. The Labute approximate surface area is 213 Å². The van der Waals surface area contributed by atoms with Crippen LogP contribution in [0.4, 0.5) is 10.9 Å². The van der Waals surface area contributed by atoms with E-state index in [2.05, 4.69) is 26.3 Å². The number of aliphatic hydroxyl groups is 1. The third kappa shape index (κ3) is 5.00. The standard InChI is InChI=1S/C27H29N5O3S/c33-23-6-2-1-5-21(23)30-27-31-22-9-8-19(16-24(22)36-27)35-26-20(4-3-11-28-26)18-7-10-25(29-17-18)32-12-14-34-15-13-32/h3-4,7-11,16-17,21,23,33H,1-2,5-6,12-15H2,(H,30,31)/t21-,23-/m1/s1. The molecule has 6 rings (SSSR count). The molecule has 2 atom stereocenters. The molecule has 0 spiro atoms. The zero-order chi connectivity index (χ0) is 24.3. The number of benzene rings is 1. The Hall–Kier alpha value is -3.27. The number of fused-ring (bicyclic) bond motifs is 1. The molecule has 2 N–H and O–H groups in total. The number of hydrogen-bond donors (Lipinski definition) is 2. The highest BCUT2D eigenvalue weighted by atomic mass is 32.1. The normalized spacial score (nSPS) is 20.4. The van der Waals surface area contributed by atoms with Crippen LogP contribution in [0.15, 0.2) is 54.9 Å². The van der Waals surface area contributed by atoms with E-state index in [1.54, 1.807) is 17.5 Å². The van der Waals surface area contributed by atoms with E-state index in [4.69, 9.17) is 14.5 Å². The first-order valence-electron chi connectivity index (χ1n) is 12.5. The Balaban J connectivity index is 1.20. The molecule has 4 heterocycles. The number of aromatic nitrogens is 3. The van der Waals surface area contributed by atoms with Crippen molar-refractivity contribution in [2.75, 3.05) is 36.5 Å². The largest absolute Gasteiger partial charge is 0.438 e. The van der Waals surface area contributed by atoms with Crippen LogP contribution in [0.1, 0.15) is 25.7 Å². The van der Waals surface area contributed by atoms with Crippen LogP contribution >= 0.6 is 11.3 Å². The van der Waals surface area contributed by atoms with Gasteiger partial charge >= 0.3 is 0 Å². The van der Waals surface area contributed by atoms with Gasteiger partial charge in [-0.25, -0.2) is 15.0 Å². The number of rotatable bonds is 6. The molecule has 9 heteroatoms. The molecule has 4 aromatic rings. The summed E-state index contributed by atoms with van der Waals surface area (Å²) in [7, 11) is 0. The van der Waals surface area contributed by atoms with Gasteiger partial charge in [0.05, 0.1) is 35.6 Å². The Morgan fingerprint density at radius 2 is 1.94 bits per heavy atom. The Morgan fingerprint density at radius 1 is 1.06 bits per heavy atom. The van der Waals surface area contributed by atoms with Crippen molar-refractivity contribution in [1.82, 2.24) is 15.0 Å². The van der Waals surface area contributed by atoms with E-state index in [0.29, 0.717) is 11.6 Å². The summed E-state index contributed by atoms with van der Waals surface area (Å²) in [4.78, 5) is 16.1. The predicted molar refractivity (Wildman–Crippen MR) is 142 cm³/mol. The number of anilines is 2. The van der Waals surface area contributed by atoms with Gasteiger partial charge in [-0.2, -0.15) is 0 Å². The van der Waals surface area contributed by atoms with Gasteiger partial charge in [-0.05, 0) is 49.2 Å². The van der Waals surface area contributed by atoms with Crippen LogP contribution in [-0.2, 0) is 4.74 Å². The first-order chi connectivity index (χ1) is 17.7. The maximum Gasteiger partial charge on any atom is 0.227 e. The highest BCUT2D eigenvalue weighted by Crippen LogP contribution is 2.35. The fraction of sp³-hybridized carbons (Fsp3) is 0.370. The van der Waals surface area contributed by atoms with E-state index in [0.717, 1.165) is 84.3 Å². The number of hydrogen-bond acceptors (Lipinski definition) is 9. The number of morpholine rings is 1. The van der Waals surface area contributed by atoms with E-state index in [-0.39, 0.29) is 12.1 Å². The molecule has 1 saturated heterocycles. The van der Waals surface area contributed by atoms with E-state index in [9.17, 15) is 5.11 Å². The quantitative estimate of drug-likeness (QED) is 0.376. The molecule has 1 saturated carbocycles. The molecule has 8 nitrogen and oxygen atoms in total. The van der Waals surface area contributed by atoms with E-state index < -0.39 is 0 Å². The summed E-state index contributed by atoms with van der Waals surface area (Å²) in [6.45, 7) is 3.17. The lowest BCUT2D eigenvalue weighted by Crippen LogP contribution is -2.36. The molecule has 0 unspecified atom stereocenters. The van der Waals surface area contributed by atoms with Crippen LogP contribution in [0.5, 0.6) is 11.6 Å². The van der Waals surface area contributed by atoms with E-state index in [1.165, 1.54) is 0 Å². The smallest absolute Gasteiger partial charge is 0.227 e. The molecule has 36 heavy (non-hydrogen) atoms. The van der Waals surface area contributed by atoms with Gasteiger partial charge in [0.25, 0.3) is 0 Å². The fourth-order valence-corrected chi connectivity index (χ4v) is 5.75. The van der Waals surface area contributed by atoms with Gasteiger partial charge in [0.2, 0.25) is 5.88 Å². The summed E-state index contributed by atoms with van der Waals surface area (Å²) in [5.74, 6) is 2.19. The molecule has 1 aliphatic heterocycles. The van der Waals surface area contributed by atoms with E-state index >= 15 is 0 Å². The fourth-order valence-electron chi connectivity index (χ4n) is 4.80. The highest BCUT2D eigenvalue weighted by molar-refractivity contribution is 7.22. The second-order valence-electron chi connectivity index (χ2n) is 9.21. The van der Waals surface area contributed by atoms with Crippen LogP contribution in [0.2, 0.25) is 0 Å². The topological polar surface area (TPSA) is 92.6 Å². The van der Waals surface area contributed by atoms with Crippen molar-refractivity contribution in [3.8, 4) is 22.8 Å². The van der Waals surface area contributed by atoms with Crippen molar-refractivity contribution in [2.24, 2.45) is 0 Å². The molecular weight excluding hydrogens is 474 g/mol. The average Bonchev–Trinajstić information content (AvgIpc) is 3.33. The minimum absolute atomic E-state index is 0.0642. The van der Waals surface area contributed by atoms with Gasteiger partial charge < -0.3 is 24.8 Å². The second kappa shape index (κ2) is 10.4. The first-order valence-corrected chi connectivity index (χ1v) is 13.3. The Kier molecular flexibility index (Phi) is 6.67. The van der Waals surface area contributed by atoms with Crippen LogP contribution < -0.4 is 15.0 Å². The summed E-state index contributed by atoms with van der Waals surface area (Å²) in [5.41, 5.74) is 2.74. The van der Waals surface area contributed by atoms with Crippen molar-refractivity contribution < 1.29 is 14.6 Å². The SMILES string of the molecule is O[C@@H]1CCCC[C@H]1Nc1nc2ccc(Oc3ncccc3-c3ccc(N4CCOCC4)nc3)cc2s1. The lowest BCUT2D eigenvalue weighted by molar-refractivity contribution is 0.116. The number of pyridine rings is 2. The van der Waals surface area contributed by atoms with Gasteiger partial charge in [-0.1, -0.05) is 24.2 Å². The summed E-state index contributed by atoms with van der Waals surface area (Å²) in [6, 6.07) is 13.9. The second-order valence-corrected chi connectivity index (χ2v) is 10.2. The number of thiazole rings is 1. The van der Waals surface area contributed by atoms with Gasteiger partial charge in [0.15, 0.2) is 5.13 Å². The Morgan fingerprint density at radius 3 is 2.78 bits per heavy atom. The maximum atomic E-state index is 10.3. The van der Waals surface area contributed by atoms with Crippen LogP contribution in [0, 0.1) is 0 Å². The van der Waals surface area contributed by atoms with Gasteiger partial charge in [-0.3, -0.25) is 0 Å². The maximum absolute atomic E-state index is 10.3. The molecule has 3 aromatic heterocycles. The number of ether oxygens (including phenoxy) is 2. The number of nitrogens with one attached hydrogen (secondary N) is 1. The Bertz CT molecular complexity index is 1320. The van der Waals surface area contributed by atoms with Crippen molar-refractivity contribution in [3.05, 3.63) is 54.9 Å². The zero-order valence-electron chi connectivity index (χ0n) is 20.0. The lowest BCUT2D eigenvalue weighted by Gasteiger charge is -2.27. The van der Waals surface area contributed by atoms with Crippen molar-refractivity contribution in [3.63, 3.8) is 0 Å². The molecule has 1 aliphatic carbocycles. The number of nitrogens with zero attached hydrogens (tertiary/aromatic N) is 4. The summed E-state index contributed by atoms with van der Waals surface area (Å²) in [5, 5.41) is 14.6. The third-order valence-corrected chi connectivity index (χ3v) is 7.73. The highest BCUT2D eigenvalue weighted by Gasteiger charge is 2.24. The molecule has 1 aromatic carbocycles. The lowest BCUT2D eigenvalue weighted by atomic mass is 9.93. The number of aliphatic hydroxyl groups excluding tert-OH is 1. The van der Waals surface area contributed by atoms with Gasteiger partial charge in [0, 0.05) is 42.7 Å². The molecule has 2 fully saturated rings. The van der Waals surface area contributed by atoms with Crippen LogP contribution in [0.3, 0.4) is 0 Å². The monoisotopic (exact) mass is 503 g/mol. The molecule has 2 aliphatic rings. The zero-order valence-corrected chi connectivity index (χ0v) is 20.8. The van der Waals surface area contributed by atoms with Crippen molar-refractivity contribution >= 4 is 32.5 Å². The van der Waals surface area contributed by atoms with Gasteiger partial charge in [0.1, 0.15) is 11.6 Å². The van der Waals surface area contributed by atoms with Gasteiger partial charge in [-0.15, -0.1) is 0 Å². The summed E-state index contributed by atoms with van der Waals surface area (Å²) >= 11 is 1.58. The van der Waals surface area contributed by atoms with Crippen molar-refractivity contribution in [2.45, 2.75) is 37.8 Å². The minimum atomic E-state index is -0.315. The van der Waals surface area contributed by atoms with Crippen molar-refractivity contribution in [1.29, 1.82) is 0 Å².